The van der Waals surface area contributed by atoms with E-state index in [1.54, 1.807) is 4.90 Å². The molecule has 0 aromatic heterocycles. The van der Waals surface area contributed by atoms with Crippen molar-refractivity contribution < 1.29 is 9.59 Å². The molecule has 0 radical (unpaired) electrons. The molecule has 0 fully saturated rings. The molecule has 0 saturated heterocycles. The molecule has 1 rings (SSSR count). The molecule has 23 heavy (non-hydrogen) atoms. The number of rotatable bonds is 6. The van der Waals surface area contributed by atoms with Crippen molar-refractivity contribution in [1.82, 2.24) is 10.2 Å². The van der Waals surface area contributed by atoms with E-state index in [-0.39, 0.29) is 30.4 Å². The van der Waals surface area contributed by atoms with Crippen LogP contribution in [0.3, 0.4) is 0 Å². The molecule has 0 bridgehead atoms. The minimum atomic E-state index is -0.272. The Morgan fingerprint density at radius 3 is 2.30 bits per heavy atom. The molecular weight excluding hydrogens is 358 g/mol. The van der Waals surface area contributed by atoms with Crippen molar-refractivity contribution in [2.24, 2.45) is 0 Å². The Hall–Kier alpha value is -1.40. The van der Waals surface area contributed by atoms with Gasteiger partial charge >= 0.3 is 0 Å². The van der Waals surface area contributed by atoms with Gasteiger partial charge in [-0.1, -0.05) is 13.0 Å². The quantitative estimate of drug-likeness (QED) is 0.793. The van der Waals surface area contributed by atoms with Gasteiger partial charge in [-0.2, -0.15) is 0 Å². The van der Waals surface area contributed by atoms with E-state index in [9.17, 15) is 9.59 Å². The molecule has 1 aromatic rings. The Kier molecular flexibility index (Phi) is 7.22. The molecule has 0 heterocycles. The molecule has 0 atom stereocenters. The van der Waals surface area contributed by atoms with Crippen LogP contribution in [0.15, 0.2) is 22.7 Å². The van der Waals surface area contributed by atoms with Crippen LogP contribution in [0.4, 0.5) is 5.69 Å². The van der Waals surface area contributed by atoms with E-state index < -0.39 is 0 Å². The fourth-order valence-corrected chi connectivity index (χ4v) is 2.65. The molecule has 5 nitrogen and oxygen atoms in total. The third kappa shape index (κ3) is 7.61. The molecule has 0 aliphatic carbocycles. The third-order valence-corrected chi connectivity index (χ3v) is 3.75. The molecule has 0 saturated carbocycles. The van der Waals surface area contributed by atoms with E-state index in [1.165, 1.54) is 0 Å². The van der Waals surface area contributed by atoms with Gasteiger partial charge in [-0.15, -0.1) is 0 Å². The van der Waals surface area contributed by atoms with E-state index in [2.05, 4.69) is 26.6 Å². The SMILES string of the molecule is CCN(CC(=O)Nc1ccc(C)cc1Br)CC(=O)NC(C)(C)C. The fourth-order valence-electron chi connectivity index (χ4n) is 2.05. The standard InChI is InChI=1S/C17H26BrN3O2/c1-6-21(11-16(23)20-17(3,4)5)10-15(22)19-14-8-7-12(2)9-13(14)18/h7-9H,6,10-11H2,1-5H3,(H,19,22)(H,20,23). The number of hydrogen-bond donors (Lipinski definition) is 2. The number of nitrogens with one attached hydrogen (secondary N) is 2. The second-order valence-electron chi connectivity index (χ2n) is 6.63. The van der Waals surface area contributed by atoms with Gasteiger partial charge in [-0.05, 0) is 67.9 Å². The van der Waals surface area contributed by atoms with Gasteiger partial charge in [-0.25, -0.2) is 0 Å². The van der Waals surface area contributed by atoms with Crippen LogP contribution in [0.5, 0.6) is 0 Å². The van der Waals surface area contributed by atoms with Crippen LogP contribution in [0, 0.1) is 6.92 Å². The summed E-state index contributed by atoms with van der Waals surface area (Å²) in [4.78, 5) is 26.0. The summed E-state index contributed by atoms with van der Waals surface area (Å²) in [6.45, 7) is 10.7. The number of benzene rings is 1. The van der Waals surface area contributed by atoms with Gasteiger partial charge in [0, 0.05) is 10.0 Å². The molecule has 2 N–H and O–H groups in total. The third-order valence-electron chi connectivity index (χ3n) is 3.09. The number of nitrogens with zero attached hydrogens (tertiary/aromatic N) is 1. The van der Waals surface area contributed by atoms with Crippen molar-refractivity contribution in [2.75, 3.05) is 25.0 Å². The van der Waals surface area contributed by atoms with Crippen LogP contribution in [0.2, 0.25) is 0 Å². The molecule has 6 heteroatoms. The summed E-state index contributed by atoms with van der Waals surface area (Å²) in [6.07, 6.45) is 0. The maximum Gasteiger partial charge on any atom is 0.238 e. The highest BCUT2D eigenvalue weighted by molar-refractivity contribution is 9.10. The second-order valence-corrected chi connectivity index (χ2v) is 7.49. The van der Waals surface area contributed by atoms with Gasteiger partial charge in [0.05, 0.1) is 18.8 Å². The van der Waals surface area contributed by atoms with Crippen molar-refractivity contribution in [1.29, 1.82) is 0 Å². The van der Waals surface area contributed by atoms with Crippen molar-refractivity contribution >= 4 is 33.4 Å². The highest BCUT2D eigenvalue weighted by Crippen LogP contribution is 2.23. The van der Waals surface area contributed by atoms with Crippen LogP contribution < -0.4 is 10.6 Å². The van der Waals surface area contributed by atoms with Crippen molar-refractivity contribution in [2.45, 2.75) is 40.2 Å². The maximum absolute atomic E-state index is 12.2. The number of amides is 2. The van der Waals surface area contributed by atoms with Gasteiger partial charge in [-0.3, -0.25) is 14.5 Å². The van der Waals surface area contributed by atoms with Gasteiger partial charge < -0.3 is 10.6 Å². The predicted octanol–water partition coefficient (Wildman–Crippen LogP) is 2.93. The average Bonchev–Trinajstić information content (AvgIpc) is 2.39. The lowest BCUT2D eigenvalue weighted by Gasteiger charge is -2.24. The lowest BCUT2D eigenvalue weighted by molar-refractivity contribution is -0.124. The Balaban J connectivity index is 2.58. The smallest absolute Gasteiger partial charge is 0.238 e. The number of hydrogen-bond acceptors (Lipinski definition) is 3. The zero-order valence-corrected chi connectivity index (χ0v) is 16.1. The fraction of sp³-hybridized carbons (Fsp3) is 0.529. The summed E-state index contributed by atoms with van der Waals surface area (Å²) in [5.41, 5.74) is 1.57. The summed E-state index contributed by atoms with van der Waals surface area (Å²) in [5, 5.41) is 5.77. The number of aryl methyl sites for hydroxylation is 1. The molecular formula is C17H26BrN3O2. The van der Waals surface area contributed by atoms with Crippen molar-refractivity contribution in [3.05, 3.63) is 28.2 Å². The number of carbonyl (C=O) groups excluding carboxylic acids is 2. The van der Waals surface area contributed by atoms with Gasteiger partial charge in [0.1, 0.15) is 0 Å². The van der Waals surface area contributed by atoms with Gasteiger partial charge in [0.25, 0.3) is 0 Å². The Morgan fingerprint density at radius 2 is 1.78 bits per heavy atom. The van der Waals surface area contributed by atoms with Crippen LogP contribution >= 0.6 is 15.9 Å². The van der Waals surface area contributed by atoms with Gasteiger partial charge in [0.15, 0.2) is 0 Å². The summed E-state index contributed by atoms with van der Waals surface area (Å²) in [6, 6.07) is 5.75. The number of anilines is 1. The van der Waals surface area contributed by atoms with Crippen molar-refractivity contribution in [3.8, 4) is 0 Å². The monoisotopic (exact) mass is 383 g/mol. The molecule has 2 amide bonds. The second kappa shape index (κ2) is 8.45. The Bertz CT molecular complexity index is 567. The average molecular weight is 384 g/mol. The van der Waals surface area contributed by atoms with Crippen molar-refractivity contribution in [3.63, 3.8) is 0 Å². The summed E-state index contributed by atoms with van der Waals surface area (Å²) >= 11 is 3.44. The minimum absolute atomic E-state index is 0.0799. The first-order valence-corrected chi connectivity index (χ1v) is 8.49. The van der Waals surface area contributed by atoms with Gasteiger partial charge in [0.2, 0.25) is 11.8 Å². The Labute approximate surface area is 146 Å². The van der Waals surface area contributed by atoms with Crippen LogP contribution in [-0.2, 0) is 9.59 Å². The van der Waals surface area contributed by atoms with E-state index in [4.69, 9.17) is 0 Å². The first kappa shape index (κ1) is 19.6. The summed E-state index contributed by atoms with van der Waals surface area (Å²) < 4.78 is 0.847. The zero-order valence-electron chi connectivity index (χ0n) is 14.5. The highest BCUT2D eigenvalue weighted by Gasteiger charge is 2.18. The van der Waals surface area contributed by atoms with E-state index in [1.807, 2.05) is 52.8 Å². The number of likely N-dealkylation sites (N-methyl/N-ethyl adjacent to an activating group) is 1. The van der Waals surface area contributed by atoms with Crippen LogP contribution in [0.1, 0.15) is 33.3 Å². The summed E-state index contributed by atoms with van der Waals surface area (Å²) in [5.74, 6) is -0.219. The Morgan fingerprint density at radius 1 is 1.17 bits per heavy atom. The lowest BCUT2D eigenvalue weighted by atomic mass is 10.1. The first-order chi connectivity index (χ1) is 10.6. The van der Waals surface area contributed by atoms with E-state index in [0.717, 1.165) is 15.7 Å². The summed E-state index contributed by atoms with van der Waals surface area (Å²) in [7, 11) is 0. The van der Waals surface area contributed by atoms with E-state index in [0.29, 0.717) is 6.54 Å². The minimum Gasteiger partial charge on any atom is -0.350 e. The van der Waals surface area contributed by atoms with Crippen LogP contribution in [0.25, 0.3) is 0 Å². The zero-order chi connectivity index (χ0) is 17.6. The highest BCUT2D eigenvalue weighted by atomic mass is 79.9. The molecule has 1 aromatic carbocycles. The first-order valence-electron chi connectivity index (χ1n) is 7.70. The molecule has 0 aliphatic rings. The maximum atomic E-state index is 12.2. The molecule has 128 valence electrons. The normalized spacial score (nSPS) is 11.4. The lowest BCUT2D eigenvalue weighted by Crippen LogP contribution is -2.47. The van der Waals surface area contributed by atoms with Crippen LogP contribution in [-0.4, -0.2) is 41.9 Å². The van der Waals surface area contributed by atoms with E-state index >= 15 is 0 Å². The predicted molar refractivity (Wildman–Crippen MR) is 97.5 cm³/mol. The largest absolute Gasteiger partial charge is 0.350 e. The number of halogens is 1. The number of carbonyl (C=O) groups is 2. The molecule has 0 spiro atoms. The molecule has 0 unspecified atom stereocenters. The molecule has 0 aliphatic heterocycles. The topological polar surface area (TPSA) is 61.4 Å².